The van der Waals surface area contributed by atoms with E-state index in [1.165, 1.54) is 5.69 Å². The number of fused-ring (bicyclic) bond motifs is 1. The second-order valence-corrected chi connectivity index (χ2v) is 8.41. The second kappa shape index (κ2) is 8.65. The van der Waals surface area contributed by atoms with Crippen molar-refractivity contribution in [2.45, 2.75) is 32.4 Å². The molecule has 1 saturated carbocycles. The first-order valence-electron chi connectivity index (χ1n) is 10.0. The van der Waals surface area contributed by atoms with Gasteiger partial charge in [0, 0.05) is 62.9 Å². The van der Waals surface area contributed by atoms with Crippen LogP contribution in [-0.4, -0.2) is 69.9 Å². The normalized spacial score (nSPS) is 28.9. The van der Waals surface area contributed by atoms with Gasteiger partial charge in [-0.2, -0.15) is 0 Å². The number of anilines is 1. The number of guanidine groups is 1. The third-order valence-electron chi connectivity index (χ3n) is 6.61. The Balaban J connectivity index is 0.00000225. The standard InChI is InChI=1S/C21H32N4O2.HI/c1-21(2)18(17-9-14-27-19(17)21)23-20(22-3)25-12-10-24(11-13-25)15-5-7-16(26-4)8-6-15;/h5-8,17-19H,9-14H2,1-4H3,(H,22,23);1H. The molecule has 0 spiro atoms. The first kappa shape index (κ1) is 21.5. The maximum absolute atomic E-state index is 5.93. The van der Waals surface area contributed by atoms with Gasteiger partial charge >= 0.3 is 0 Å². The van der Waals surface area contributed by atoms with E-state index in [1.54, 1.807) is 7.11 Å². The van der Waals surface area contributed by atoms with Crippen LogP contribution in [0.5, 0.6) is 5.75 Å². The average molecular weight is 500 g/mol. The van der Waals surface area contributed by atoms with Crippen LogP contribution in [0, 0.1) is 11.3 Å². The SMILES string of the molecule is CN=C(NC1C2CCOC2C1(C)C)N1CCN(c2ccc(OC)cc2)CC1.I. The topological polar surface area (TPSA) is 49.3 Å². The number of hydrogen-bond acceptors (Lipinski definition) is 4. The van der Waals surface area contributed by atoms with E-state index in [9.17, 15) is 0 Å². The van der Waals surface area contributed by atoms with Crippen LogP contribution in [0.3, 0.4) is 0 Å². The van der Waals surface area contributed by atoms with E-state index in [0.717, 1.165) is 50.9 Å². The van der Waals surface area contributed by atoms with Crippen molar-refractivity contribution in [3.63, 3.8) is 0 Å². The van der Waals surface area contributed by atoms with Gasteiger partial charge in [0.1, 0.15) is 5.75 Å². The Labute approximate surface area is 185 Å². The molecule has 7 heteroatoms. The van der Waals surface area contributed by atoms with Crippen molar-refractivity contribution in [3.05, 3.63) is 24.3 Å². The second-order valence-electron chi connectivity index (χ2n) is 8.41. The maximum Gasteiger partial charge on any atom is 0.194 e. The van der Waals surface area contributed by atoms with E-state index in [2.05, 4.69) is 46.1 Å². The van der Waals surface area contributed by atoms with E-state index in [0.29, 0.717) is 18.1 Å². The number of nitrogens with one attached hydrogen (secondary N) is 1. The molecule has 3 atom stereocenters. The van der Waals surface area contributed by atoms with Crippen molar-refractivity contribution >= 4 is 35.6 Å². The van der Waals surface area contributed by atoms with E-state index < -0.39 is 0 Å². The predicted molar refractivity (Wildman–Crippen MR) is 124 cm³/mol. The zero-order valence-corrected chi connectivity index (χ0v) is 19.7. The van der Waals surface area contributed by atoms with Crippen LogP contribution < -0.4 is 15.0 Å². The molecule has 28 heavy (non-hydrogen) atoms. The number of piperazine rings is 1. The molecule has 0 radical (unpaired) electrons. The molecule has 1 aliphatic carbocycles. The number of aliphatic imine (C=N–C) groups is 1. The van der Waals surface area contributed by atoms with Gasteiger partial charge in [0.15, 0.2) is 5.96 Å². The number of benzene rings is 1. The number of halogens is 1. The van der Waals surface area contributed by atoms with Gasteiger partial charge in [0.25, 0.3) is 0 Å². The van der Waals surface area contributed by atoms with Gasteiger partial charge in [-0.15, -0.1) is 24.0 Å². The first-order valence-corrected chi connectivity index (χ1v) is 10.0. The van der Waals surface area contributed by atoms with E-state index >= 15 is 0 Å². The highest BCUT2D eigenvalue weighted by Gasteiger charge is 2.59. The van der Waals surface area contributed by atoms with Gasteiger partial charge in [0.05, 0.1) is 13.2 Å². The van der Waals surface area contributed by atoms with Crippen LogP contribution in [0.15, 0.2) is 29.3 Å². The molecule has 1 N–H and O–H groups in total. The Hall–Kier alpha value is -1.22. The smallest absolute Gasteiger partial charge is 0.194 e. The summed E-state index contributed by atoms with van der Waals surface area (Å²) in [6.07, 6.45) is 1.56. The monoisotopic (exact) mass is 500 g/mol. The van der Waals surface area contributed by atoms with Crippen molar-refractivity contribution in [1.82, 2.24) is 10.2 Å². The zero-order chi connectivity index (χ0) is 19.0. The van der Waals surface area contributed by atoms with E-state index in [-0.39, 0.29) is 29.4 Å². The lowest BCUT2D eigenvalue weighted by Crippen LogP contribution is -2.68. The fraction of sp³-hybridized carbons (Fsp3) is 0.667. The van der Waals surface area contributed by atoms with Crippen LogP contribution in [0.4, 0.5) is 5.69 Å². The van der Waals surface area contributed by atoms with Gasteiger partial charge in [-0.05, 0) is 30.7 Å². The quantitative estimate of drug-likeness (QED) is 0.393. The molecule has 1 aromatic carbocycles. The predicted octanol–water partition coefficient (Wildman–Crippen LogP) is 2.82. The minimum Gasteiger partial charge on any atom is -0.497 e. The minimum absolute atomic E-state index is 0. The van der Waals surface area contributed by atoms with Crippen molar-refractivity contribution < 1.29 is 9.47 Å². The molecule has 2 aliphatic heterocycles. The van der Waals surface area contributed by atoms with Gasteiger partial charge in [-0.1, -0.05) is 13.8 Å². The Morgan fingerprint density at radius 2 is 1.86 bits per heavy atom. The molecular weight excluding hydrogens is 467 g/mol. The van der Waals surface area contributed by atoms with Gasteiger partial charge < -0.3 is 24.6 Å². The Kier molecular flexibility index (Phi) is 6.64. The average Bonchev–Trinajstić information content (AvgIpc) is 3.16. The molecule has 1 aromatic rings. The summed E-state index contributed by atoms with van der Waals surface area (Å²) in [5.74, 6) is 2.56. The fourth-order valence-electron chi connectivity index (χ4n) is 5.02. The summed E-state index contributed by atoms with van der Waals surface area (Å²) in [7, 11) is 3.60. The maximum atomic E-state index is 5.93. The van der Waals surface area contributed by atoms with Crippen LogP contribution >= 0.6 is 24.0 Å². The molecule has 156 valence electrons. The van der Waals surface area contributed by atoms with E-state index in [1.807, 2.05) is 19.2 Å². The van der Waals surface area contributed by atoms with Gasteiger partial charge in [-0.3, -0.25) is 4.99 Å². The van der Waals surface area contributed by atoms with Crippen LogP contribution in [0.2, 0.25) is 0 Å². The zero-order valence-electron chi connectivity index (χ0n) is 17.4. The molecule has 0 amide bonds. The van der Waals surface area contributed by atoms with Crippen molar-refractivity contribution in [3.8, 4) is 5.75 Å². The summed E-state index contributed by atoms with van der Waals surface area (Å²) in [4.78, 5) is 9.41. The summed E-state index contributed by atoms with van der Waals surface area (Å²) in [6.45, 7) is 9.47. The highest BCUT2D eigenvalue weighted by Crippen LogP contribution is 2.52. The Morgan fingerprint density at radius 3 is 2.46 bits per heavy atom. The molecule has 2 heterocycles. The van der Waals surface area contributed by atoms with Gasteiger partial charge in [0.2, 0.25) is 0 Å². The van der Waals surface area contributed by atoms with Crippen LogP contribution in [0.25, 0.3) is 0 Å². The molecule has 0 bridgehead atoms. The van der Waals surface area contributed by atoms with Crippen molar-refractivity contribution in [2.75, 3.05) is 51.8 Å². The molecule has 0 aromatic heterocycles. The summed E-state index contributed by atoms with van der Waals surface area (Å²) >= 11 is 0. The molecule has 3 unspecified atom stereocenters. The lowest BCUT2D eigenvalue weighted by Gasteiger charge is -2.55. The summed E-state index contributed by atoms with van der Waals surface area (Å²) in [5.41, 5.74) is 1.42. The number of hydrogen-bond donors (Lipinski definition) is 1. The van der Waals surface area contributed by atoms with E-state index in [4.69, 9.17) is 9.47 Å². The molecule has 4 rings (SSSR count). The van der Waals surface area contributed by atoms with Gasteiger partial charge in [-0.25, -0.2) is 0 Å². The first-order chi connectivity index (χ1) is 13.0. The molecule has 2 saturated heterocycles. The number of methoxy groups -OCH3 is 1. The molecule has 3 aliphatic rings. The molecule has 3 fully saturated rings. The highest BCUT2D eigenvalue weighted by atomic mass is 127. The minimum atomic E-state index is 0. The van der Waals surface area contributed by atoms with Crippen LogP contribution in [-0.2, 0) is 4.74 Å². The number of rotatable bonds is 3. The lowest BCUT2D eigenvalue weighted by molar-refractivity contribution is -0.107. The van der Waals surface area contributed by atoms with Crippen molar-refractivity contribution in [1.29, 1.82) is 0 Å². The molecule has 6 nitrogen and oxygen atoms in total. The Bertz CT molecular complexity index is 686. The third-order valence-corrected chi connectivity index (χ3v) is 6.61. The van der Waals surface area contributed by atoms with Crippen LogP contribution in [0.1, 0.15) is 20.3 Å². The fourth-order valence-corrected chi connectivity index (χ4v) is 5.02. The molecular formula is C21H33IN4O2. The number of ether oxygens (including phenoxy) is 2. The summed E-state index contributed by atoms with van der Waals surface area (Å²) < 4.78 is 11.2. The highest BCUT2D eigenvalue weighted by molar-refractivity contribution is 14.0. The lowest BCUT2D eigenvalue weighted by atomic mass is 9.57. The largest absolute Gasteiger partial charge is 0.497 e. The summed E-state index contributed by atoms with van der Waals surface area (Å²) in [5, 5.41) is 3.77. The third kappa shape index (κ3) is 3.79. The summed E-state index contributed by atoms with van der Waals surface area (Å²) in [6, 6.07) is 8.78. The number of nitrogens with zero attached hydrogens (tertiary/aromatic N) is 3. The Morgan fingerprint density at radius 1 is 1.18 bits per heavy atom. The van der Waals surface area contributed by atoms with Crippen molar-refractivity contribution in [2.24, 2.45) is 16.3 Å².